The molecule has 4 nitrogen and oxygen atoms in total. The number of rotatable bonds is 5. The second kappa shape index (κ2) is 7.16. The smallest absolute Gasteiger partial charge is 0.237 e. The molecule has 1 saturated carbocycles. The van der Waals surface area contributed by atoms with Gasteiger partial charge in [-0.05, 0) is 43.6 Å². The van der Waals surface area contributed by atoms with Crippen LogP contribution in [0.4, 0.5) is 0 Å². The highest BCUT2D eigenvalue weighted by Crippen LogP contribution is 2.39. The lowest BCUT2D eigenvalue weighted by molar-refractivity contribution is -0.142. The standard InChI is InChI=1S/C19H28N2O2/c1-14(15-7-5-4-6-8-15)21(13-17(20)22)18(23)16-9-11-19(2,3)12-10-16/h4-8,14,16H,9-13H2,1-3H3,(H2,20,22)/t14-/m1/s1. The van der Waals surface area contributed by atoms with E-state index < -0.39 is 5.91 Å². The van der Waals surface area contributed by atoms with E-state index in [0.29, 0.717) is 5.41 Å². The van der Waals surface area contributed by atoms with E-state index in [9.17, 15) is 9.59 Å². The maximum absolute atomic E-state index is 13.0. The van der Waals surface area contributed by atoms with Crippen LogP contribution in [0, 0.1) is 11.3 Å². The monoisotopic (exact) mass is 316 g/mol. The lowest BCUT2D eigenvalue weighted by Gasteiger charge is -2.37. The van der Waals surface area contributed by atoms with Gasteiger partial charge in [-0.1, -0.05) is 44.2 Å². The summed E-state index contributed by atoms with van der Waals surface area (Å²) in [4.78, 5) is 26.1. The van der Waals surface area contributed by atoms with Crippen LogP contribution in [0.15, 0.2) is 30.3 Å². The summed E-state index contributed by atoms with van der Waals surface area (Å²) >= 11 is 0. The first kappa shape index (κ1) is 17.5. The molecule has 0 aliphatic heterocycles. The molecule has 1 aliphatic carbocycles. The fourth-order valence-electron chi connectivity index (χ4n) is 3.37. The lowest BCUT2D eigenvalue weighted by Crippen LogP contribution is -2.44. The maximum Gasteiger partial charge on any atom is 0.237 e. The highest BCUT2D eigenvalue weighted by Gasteiger charge is 2.34. The van der Waals surface area contributed by atoms with Crippen LogP contribution in [0.2, 0.25) is 0 Å². The number of hydrogen-bond donors (Lipinski definition) is 1. The van der Waals surface area contributed by atoms with E-state index in [4.69, 9.17) is 5.73 Å². The maximum atomic E-state index is 13.0. The predicted molar refractivity (Wildman–Crippen MR) is 91.5 cm³/mol. The first-order valence-corrected chi connectivity index (χ1v) is 8.44. The largest absolute Gasteiger partial charge is 0.368 e. The fourth-order valence-corrected chi connectivity index (χ4v) is 3.37. The van der Waals surface area contributed by atoms with E-state index in [1.165, 1.54) is 0 Å². The van der Waals surface area contributed by atoms with Gasteiger partial charge in [-0.15, -0.1) is 0 Å². The van der Waals surface area contributed by atoms with E-state index in [-0.39, 0.29) is 24.4 Å². The molecular weight excluding hydrogens is 288 g/mol. The van der Waals surface area contributed by atoms with E-state index in [1.807, 2.05) is 37.3 Å². The van der Waals surface area contributed by atoms with Crippen molar-refractivity contribution >= 4 is 11.8 Å². The molecule has 1 aromatic rings. The Morgan fingerprint density at radius 1 is 1.22 bits per heavy atom. The third-order valence-corrected chi connectivity index (χ3v) is 5.05. The summed E-state index contributed by atoms with van der Waals surface area (Å²) in [5.74, 6) is -0.388. The van der Waals surface area contributed by atoms with Crippen LogP contribution in [0.1, 0.15) is 58.1 Å². The molecule has 4 heteroatoms. The van der Waals surface area contributed by atoms with Gasteiger partial charge in [0.05, 0.1) is 12.6 Å². The van der Waals surface area contributed by atoms with Crippen molar-refractivity contribution in [3.8, 4) is 0 Å². The Hall–Kier alpha value is -1.84. The molecule has 2 rings (SSSR count). The van der Waals surface area contributed by atoms with Crippen LogP contribution in [0.5, 0.6) is 0 Å². The molecule has 0 heterocycles. The summed E-state index contributed by atoms with van der Waals surface area (Å²) in [5, 5.41) is 0. The zero-order valence-corrected chi connectivity index (χ0v) is 14.4. The molecule has 1 atom stereocenters. The van der Waals surface area contributed by atoms with Crippen molar-refractivity contribution in [2.24, 2.45) is 17.1 Å². The number of benzene rings is 1. The van der Waals surface area contributed by atoms with Crippen LogP contribution in [0.25, 0.3) is 0 Å². The fraction of sp³-hybridized carbons (Fsp3) is 0.579. The summed E-state index contributed by atoms with van der Waals surface area (Å²) in [6.07, 6.45) is 3.88. The molecule has 1 aromatic carbocycles. The number of amides is 2. The van der Waals surface area contributed by atoms with Crippen molar-refractivity contribution in [3.63, 3.8) is 0 Å². The Morgan fingerprint density at radius 3 is 2.30 bits per heavy atom. The third-order valence-electron chi connectivity index (χ3n) is 5.05. The number of nitrogens with zero attached hydrogens (tertiary/aromatic N) is 1. The minimum absolute atomic E-state index is 0.00790. The van der Waals surface area contributed by atoms with E-state index in [1.54, 1.807) is 4.90 Å². The molecule has 1 fully saturated rings. The first-order valence-electron chi connectivity index (χ1n) is 8.44. The van der Waals surface area contributed by atoms with Crippen molar-refractivity contribution in [1.82, 2.24) is 4.90 Å². The summed E-state index contributed by atoms with van der Waals surface area (Å²) in [7, 11) is 0. The number of carbonyl (C=O) groups excluding carboxylic acids is 2. The zero-order valence-electron chi connectivity index (χ0n) is 14.4. The van der Waals surface area contributed by atoms with Gasteiger partial charge >= 0.3 is 0 Å². The van der Waals surface area contributed by atoms with Crippen molar-refractivity contribution in [1.29, 1.82) is 0 Å². The topological polar surface area (TPSA) is 63.4 Å². The van der Waals surface area contributed by atoms with Crippen molar-refractivity contribution in [2.75, 3.05) is 6.54 Å². The van der Waals surface area contributed by atoms with Crippen LogP contribution in [-0.4, -0.2) is 23.3 Å². The number of carbonyl (C=O) groups is 2. The second-order valence-corrected chi connectivity index (χ2v) is 7.46. The van der Waals surface area contributed by atoms with Crippen molar-refractivity contribution in [3.05, 3.63) is 35.9 Å². The molecule has 2 N–H and O–H groups in total. The van der Waals surface area contributed by atoms with E-state index >= 15 is 0 Å². The average molecular weight is 316 g/mol. The molecule has 0 radical (unpaired) electrons. The van der Waals surface area contributed by atoms with Gasteiger partial charge in [0.15, 0.2) is 0 Å². The minimum Gasteiger partial charge on any atom is -0.368 e. The molecule has 1 aliphatic rings. The summed E-state index contributed by atoms with van der Waals surface area (Å²) in [6, 6.07) is 9.65. The van der Waals surface area contributed by atoms with Crippen LogP contribution < -0.4 is 5.73 Å². The number of nitrogens with two attached hydrogens (primary N) is 1. The van der Waals surface area contributed by atoms with Gasteiger partial charge in [-0.2, -0.15) is 0 Å². The molecule has 0 saturated heterocycles. The molecule has 2 amide bonds. The van der Waals surface area contributed by atoms with Gasteiger partial charge in [0, 0.05) is 5.92 Å². The summed E-state index contributed by atoms with van der Waals surface area (Å²) in [5.41, 5.74) is 6.73. The van der Waals surface area contributed by atoms with Gasteiger partial charge in [0.2, 0.25) is 11.8 Å². The van der Waals surface area contributed by atoms with Crippen molar-refractivity contribution in [2.45, 2.75) is 52.5 Å². The van der Waals surface area contributed by atoms with Gasteiger partial charge in [-0.25, -0.2) is 0 Å². The second-order valence-electron chi connectivity index (χ2n) is 7.46. The Bertz CT molecular complexity index is 544. The quantitative estimate of drug-likeness (QED) is 0.906. The molecule has 126 valence electrons. The minimum atomic E-state index is -0.461. The summed E-state index contributed by atoms with van der Waals surface area (Å²) < 4.78 is 0. The Kier molecular flexibility index (Phi) is 5.45. The number of hydrogen-bond acceptors (Lipinski definition) is 2. The average Bonchev–Trinajstić information content (AvgIpc) is 2.52. The third kappa shape index (κ3) is 4.57. The van der Waals surface area contributed by atoms with Crippen LogP contribution >= 0.6 is 0 Å². The molecule has 23 heavy (non-hydrogen) atoms. The van der Waals surface area contributed by atoms with Gasteiger partial charge in [0.25, 0.3) is 0 Å². The summed E-state index contributed by atoms with van der Waals surface area (Å²) in [6.45, 7) is 6.45. The van der Waals surface area contributed by atoms with E-state index in [2.05, 4.69) is 13.8 Å². The SMILES string of the molecule is C[C@H](c1ccccc1)N(CC(N)=O)C(=O)C1CCC(C)(C)CC1. The molecule has 0 aromatic heterocycles. The number of primary amides is 1. The predicted octanol–water partition coefficient (Wildman–Crippen LogP) is 3.28. The van der Waals surface area contributed by atoms with Crippen molar-refractivity contribution < 1.29 is 9.59 Å². The lowest BCUT2D eigenvalue weighted by atomic mass is 9.72. The Morgan fingerprint density at radius 2 is 1.78 bits per heavy atom. The zero-order chi connectivity index (χ0) is 17.0. The van der Waals surface area contributed by atoms with Gasteiger partial charge in [-0.3, -0.25) is 9.59 Å². The molecular formula is C19H28N2O2. The molecule has 0 bridgehead atoms. The Balaban J connectivity index is 2.14. The highest BCUT2D eigenvalue weighted by molar-refractivity contribution is 5.85. The van der Waals surface area contributed by atoms with E-state index in [0.717, 1.165) is 31.2 Å². The normalized spacial score (nSPS) is 19.1. The van der Waals surface area contributed by atoms with Crippen LogP contribution in [0.3, 0.4) is 0 Å². The van der Waals surface area contributed by atoms with Crippen LogP contribution in [-0.2, 0) is 9.59 Å². The highest BCUT2D eigenvalue weighted by atomic mass is 16.2. The first-order chi connectivity index (χ1) is 10.8. The molecule has 0 spiro atoms. The van der Waals surface area contributed by atoms with Gasteiger partial charge < -0.3 is 10.6 Å². The molecule has 0 unspecified atom stereocenters. The van der Waals surface area contributed by atoms with Gasteiger partial charge in [0.1, 0.15) is 0 Å². The Labute approximate surface area is 139 Å².